The number of aromatic amines is 1. The summed E-state index contributed by atoms with van der Waals surface area (Å²) in [4.78, 5) is 10.3. The Morgan fingerprint density at radius 3 is 2.27 bits per heavy atom. The van der Waals surface area contributed by atoms with Crippen molar-refractivity contribution in [1.82, 2.24) is 10.2 Å². The molecule has 0 fully saturated rings. The maximum Gasteiger partial charge on any atom is 0.264 e. The molecule has 3 nitrogen and oxygen atoms in total. The molecule has 0 aliphatic rings. The summed E-state index contributed by atoms with van der Waals surface area (Å²) in [5.74, 6) is 0. The fraction of sp³-hybridized carbons (Fsp3) is 0.500. The molecule has 0 aliphatic heterocycles. The highest BCUT2D eigenvalue weighted by Crippen LogP contribution is 1.78. The quantitative estimate of drug-likeness (QED) is 0.615. The Morgan fingerprint density at radius 1 is 1.45 bits per heavy atom. The van der Waals surface area contributed by atoms with E-state index in [1.807, 2.05) is 6.92 Å². The number of hydrogen-bond donors (Lipinski definition) is 1. The molecule has 1 rings (SSSR count). The zero-order valence-corrected chi connectivity index (χ0v) is 7.22. The zero-order chi connectivity index (χ0) is 8.69. The van der Waals surface area contributed by atoms with Gasteiger partial charge in [0.1, 0.15) is 0 Å². The molecule has 1 N–H and O–H groups in total. The standard InChI is InChI=1S/C5H6N2O.C3H8/c1-4-2-3-5(8)7-6-4;1-3-2/h2-3H,1H3,(H,7,8);3H2,1-2H3. The average Bonchev–Trinajstić information content (AvgIpc) is 1.97. The van der Waals surface area contributed by atoms with Crippen molar-refractivity contribution in [1.29, 1.82) is 0 Å². The van der Waals surface area contributed by atoms with Crippen molar-refractivity contribution in [3.8, 4) is 0 Å². The Hall–Kier alpha value is -1.12. The van der Waals surface area contributed by atoms with E-state index < -0.39 is 0 Å². The number of hydrogen-bond acceptors (Lipinski definition) is 2. The van der Waals surface area contributed by atoms with Crippen LogP contribution in [0.3, 0.4) is 0 Å². The van der Waals surface area contributed by atoms with Crippen molar-refractivity contribution >= 4 is 0 Å². The second-order valence-electron chi connectivity index (χ2n) is 2.27. The highest BCUT2D eigenvalue weighted by molar-refractivity contribution is 4.95. The van der Waals surface area contributed by atoms with Crippen LogP contribution in [-0.2, 0) is 0 Å². The van der Waals surface area contributed by atoms with Gasteiger partial charge < -0.3 is 0 Å². The van der Waals surface area contributed by atoms with E-state index in [9.17, 15) is 4.79 Å². The molecule has 0 aliphatic carbocycles. The average molecular weight is 154 g/mol. The van der Waals surface area contributed by atoms with Crippen LogP contribution in [-0.4, -0.2) is 10.2 Å². The molecule has 1 aromatic heterocycles. The summed E-state index contributed by atoms with van der Waals surface area (Å²) in [6.45, 7) is 6.07. The Bertz CT molecular complexity index is 222. The summed E-state index contributed by atoms with van der Waals surface area (Å²) in [5.41, 5.74) is 0.667. The summed E-state index contributed by atoms with van der Waals surface area (Å²) in [6.07, 6.45) is 1.25. The van der Waals surface area contributed by atoms with E-state index in [1.165, 1.54) is 12.5 Å². The lowest BCUT2D eigenvalue weighted by atomic mass is 10.4. The number of H-pyrrole nitrogens is 1. The molecule has 0 spiro atoms. The van der Waals surface area contributed by atoms with Gasteiger partial charge in [-0.2, -0.15) is 5.10 Å². The first-order chi connectivity index (χ1) is 5.20. The molecule has 0 amide bonds. The molecule has 0 atom stereocenters. The van der Waals surface area contributed by atoms with Gasteiger partial charge in [-0.25, -0.2) is 5.10 Å². The second kappa shape index (κ2) is 5.65. The fourth-order valence-electron chi connectivity index (χ4n) is 0.414. The molecule has 0 saturated heterocycles. The van der Waals surface area contributed by atoms with E-state index in [-0.39, 0.29) is 5.56 Å². The van der Waals surface area contributed by atoms with Gasteiger partial charge >= 0.3 is 0 Å². The molecular formula is C8H14N2O. The van der Waals surface area contributed by atoms with E-state index in [0.717, 1.165) is 5.69 Å². The lowest BCUT2D eigenvalue weighted by molar-refractivity contribution is 0.946. The van der Waals surface area contributed by atoms with Crippen molar-refractivity contribution in [3.63, 3.8) is 0 Å². The molecule has 0 radical (unpaired) electrons. The van der Waals surface area contributed by atoms with E-state index in [1.54, 1.807) is 6.07 Å². The van der Waals surface area contributed by atoms with Crippen molar-refractivity contribution in [2.45, 2.75) is 27.2 Å². The number of aromatic nitrogens is 2. The number of rotatable bonds is 0. The van der Waals surface area contributed by atoms with Crippen LogP contribution in [0, 0.1) is 6.92 Å². The number of aryl methyl sites for hydroxylation is 1. The van der Waals surface area contributed by atoms with Gasteiger partial charge in [-0.05, 0) is 13.0 Å². The van der Waals surface area contributed by atoms with Crippen molar-refractivity contribution in [2.75, 3.05) is 0 Å². The van der Waals surface area contributed by atoms with Gasteiger partial charge in [0.25, 0.3) is 5.56 Å². The minimum Gasteiger partial charge on any atom is -0.268 e. The Morgan fingerprint density at radius 2 is 2.00 bits per heavy atom. The van der Waals surface area contributed by atoms with Crippen LogP contribution in [0.1, 0.15) is 26.0 Å². The monoisotopic (exact) mass is 154 g/mol. The SMILES string of the molecule is CCC.Cc1ccc(=O)[nH]n1. The van der Waals surface area contributed by atoms with Gasteiger partial charge in [0, 0.05) is 6.07 Å². The molecule has 1 heterocycles. The third-order valence-electron chi connectivity index (χ3n) is 0.818. The van der Waals surface area contributed by atoms with Gasteiger partial charge in [0.05, 0.1) is 5.69 Å². The van der Waals surface area contributed by atoms with E-state index in [4.69, 9.17) is 0 Å². The topological polar surface area (TPSA) is 45.8 Å². The Labute approximate surface area is 66.5 Å². The van der Waals surface area contributed by atoms with Crippen molar-refractivity contribution in [2.24, 2.45) is 0 Å². The van der Waals surface area contributed by atoms with E-state index in [2.05, 4.69) is 24.0 Å². The molecular weight excluding hydrogens is 140 g/mol. The highest BCUT2D eigenvalue weighted by atomic mass is 16.1. The number of nitrogens with one attached hydrogen (secondary N) is 1. The third-order valence-corrected chi connectivity index (χ3v) is 0.818. The maximum atomic E-state index is 10.3. The molecule has 0 aromatic carbocycles. The van der Waals surface area contributed by atoms with Crippen LogP contribution < -0.4 is 5.56 Å². The first kappa shape index (κ1) is 9.88. The first-order valence-corrected chi connectivity index (χ1v) is 3.73. The van der Waals surface area contributed by atoms with E-state index >= 15 is 0 Å². The van der Waals surface area contributed by atoms with Crippen LogP contribution in [0.5, 0.6) is 0 Å². The normalized spacial score (nSPS) is 8.27. The minimum absolute atomic E-state index is 0.157. The Kier molecular flexibility index (Phi) is 5.07. The largest absolute Gasteiger partial charge is 0.268 e. The molecule has 11 heavy (non-hydrogen) atoms. The zero-order valence-electron chi connectivity index (χ0n) is 7.22. The summed E-state index contributed by atoms with van der Waals surface area (Å²) in [5, 5.41) is 5.94. The van der Waals surface area contributed by atoms with Gasteiger partial charge in [0.15, 0.2) is 0 Å². The predicted octanol–water partition coefficient (Wildman–Crippen LogP) is 1.49. The van der Waals surface area contributed by atoms with Gasteiger partial charge in [-0.3, -0.25) is 4.79 Å². The summed E-state index contributed by atoms with van der Waals surface area (Å²) in [7, 11) is 0. The smallest absolute Gasteiger partial charge is 0.264 e. The van der Waals surface area contributed by atoms with Crippen LogP contribution in [0.4, 0.5) is 0 Å². The highest BCUT2D eigenvalue weighted by Gasteiger charge is 1.80. The molecule has 0 saturated carbocycles. The number of nitrogens with zero attached hydrogens (tertiary/aromatic N) is 1. The Balaban J connectivity index is 0.000000292. The van der Waals surface area contributed by atoms with E-state index in [0.29, 0.717) is 0 Å². The molecule has 0 bridgehead atoms. The minimum atomic E-state index is -0.157. The summed E-state index contributed by atoms with van der Waals surface area (Å²) in [6, 6.07) is 3.11. The van der Waals surface area contributed by atoms with Crippen LogP contribution in [0.15, 0.2) is 16.9 Å². The van der Waals surface area contributed by atoms with Gasteiger partial charge in [0.2, 0.25) is 0 Å². The molecule has 3 heteroatoms. The van der Waals surface area contributed by atoms with Crippen molar-refractivity contribution < 1.29 is 0 Å². The molecule has 0 unspecified atom stereocenters. The van der Waals surface area contributed by atoms with Gasteiger partial charge in [-0.15, -0.1) is 0 Å². The molecule has 1 aromatic rings. The predicted molar refractivity (Wildman–Crippen MR) is 45.6 cm³/mol. The lowest BCUT2D eigenvalue weighted by Gasteiger charge is -1.82. The van der Waals surface area contributed by atoms with Crippen molar-refractivity contribution in [3.05, 3.63) is 28.2 Å². The van der Waals surface area contributed by atoms with Crippen LogP contribution in [0.2, 0.25) is 0 Å². The first-order valence-electron chi connectivity index (χ1n) is 3.73. The second-order valence-corrected chi connectivity index (χ2v) is 2.27. The maximum absolute atomic E-state index is 10.3. The lowest BCUT2D eigenvalue weighted by Crippen LogP contribution is -2.05. The third kappa shape index (κ3) is 5.33. The summed E-state index contributed by atoms with van der Waals surface area (Å²) < 4.78 is 0. The molecule has 62 valence electrons. The summed E-state index contributed by atoms with van der Waals surface area (Å²) >= 11 is 0. The fourth-order valence-corrected chi connectivity index (χ4v) is 0.414. The van der Waals surface area contributed by atoms with Crippen LogP contribution in [0.25, 0.3) is 0 Å². The van der Waals surface area contributed by atoms with Gasteiger partial charge in [-0.1, -0.05) is 20.3 Å². The van der Waals surface area contributed by atoms with Crippen LogP contribution >= 0.6 is 0 Å².